The Kier molecular flexibility index (Phi) is 7.67. The third-order valence-corrected chi connectivity index (χ3v) is 5.63. The number of ether oxygens (including phenoxy) is 1. The van der Waals surface area contributed by atoms with Crippen LogP contribution in [0.4, 0.5) is 11.4 Å². The molecule has 0 saturated carbocycles. The van der Waals surface area contributed by atoms with Gasteiger partial charge in [0.2, 0.25) is 0 Å². The van der Waals surface area contributed by atoms with Crippen LogP contribution < -0.4 is 15.4 Å². The first-order valence-electron chi connectivity index (χ1n) is 8.56. The lowest BCUT2D eigenvalue weighted by molar-refractivity contribution is -0.118. The van der Waals surface area contributed by atoms with Gasteiger partial charge in [-0.25, -0.2) is 0 Å². The first-order valence-corrected chi connectivity index (χ1v) is 10.5. The number of rotatable bonds is 7. The topological polar surface area (TPSA) is 50.4 Å². The Labute approximate surface area is 192 Å². The molecule has 0 fully saturated rings. The highest BCUT2D eigenvalue weighted by molar-refractivity contribution is 9.10. The van der Waals surface area contributed by atoms with E-state index in [4.69, 9.17) is 39.5 Å². The summed E-state index contributed by atoms with van der Waals surface area (Å²) in [5.74, 6) is 0.289. The van der Waals surface area contributed by atoms with Crippen LogP contribution in [0.5, 0.6) is 5.75 Å². The van der Waals surface area contributed by atoms with Crippen LogP contribution in [0, 0.1) is 0 Å². The predicted molar refractivity (Wildman–Crippen MR) is 124 cm³/mol. The molecule has 3 aromatic carbocycles. The Hall–Kier alpha value is -1.92. The van der Waals surface area contributed by atoms with Gasteiger partial charge in [0.15, 0.2) is 6.61 Å². The number of carbonyl (C=O) groups is 1. The van der Waals surface area contributed by atoms with Gasteiger partial charge in [-0.3, -0.25) is 4.79 Å². The second-order valence-corrected chi connectivity index (χ2v) is 8.21. The van der Waals surface area contributed by atoms with Gasteiger partial charge in [-0.05, 0) is 76.6 Å². The molecular weight excluding hydrogens is 499 g/mol. The lowest BCUT2D eigenvalue weighted by atomic mass is 10.2. The quantitative estimate of drug-likeness (QED) is 0.356. The first kappa shape index (κ1) is 21.8. The molecule has 0 spiro atoms. The van der Waals surface area contributed by atoms with E-state index in [2.05, 4.69) is 26.6 Å². The standard InChI is InChI=1S/C21H16BrCl3N2O2/c22-18-7-6-17(10-19(18)25)26-11-13-9-15(24)3-8-20(13)29-12-21(28)27-16-4-1-14(23)2-5-16/h1-10,26H,11-12H2,(H,27,28). The molecule has 1 amide bonds. The molecule has 0 radical (unpaired) electrons. The second kappa shape index (κ2) is 10.2. The van der Waals surface area contributed by atoms with Crippen molar-refractivity contribution in [2.24, 2.45) is 0 Å². The molecule has 0 heterocycles. The summed E-state index contributed by atoms with van der Waals surface area (Å²) in [6.07, 6.45) is 0. The van der Waals surface area contributed by atoms with Crippen molar-refractivity contribution in [1.29, 1.82) is 0 Å². The second-order valence-electron chi connectivity index (χ2n) is 6.08. The van der Waals surface area contributed by atoms with Crippen LogP contribution in [0.2, 0.25) is 15.1 Å². The minimum Gasteiger partial charge on any atom is -0.483 e. The highest BCUT2D eigenvalue weighted by atomic mass is 79.9. The van der Waals surface area contributed by atoms with Crippen LogP contribution in [0.15, 0.2) is 65.1 Å². The Bertz CT molecular complexity index is 1010. The van der Waals surface area contributed by atoms with Crippen LogP contribution in [0.3, 0.4) is 0 Å². The molecule has 0 atom stereocenters. The smallest absolute Gasteiger partial charge is 0.262 e. The summed E-state index contributed by atoms with van der Waals surface area (Å²) in [6, 6.07) is 17.7. The van der Waals surface area contributed by atoms with E-state index in [-0.39, 0.29) is 12.5 Å². The molecule has 150 valence electrons. The molecule has 2 N–H and O–H groups in total. The molecule has 3 aromatic rings. The minimum atomic E-state index is -0.277. The summed E-state index contributed by atoms with van der Waals surface area (Å²) < 4.78 is 6.53. The average molecular weight is 515 g/mol. The highest BCUT2D eigenvalue weighted by Crippen LogP contribution is 2.28. The summed E-state index contributed by atoms with van der Waals surface area (Å²) in [5.41, 5.74) is 2.31. The minimum absolute atomic E-state index is 0.138. The van der Waals surface area contributed by atoms with Gasteiger partial charge in [-0.2, -0.15) is 0 Å². The Morgan fingerprint density at radius 1 is 0.897 bits per heavy atom. The number of halogens is 4. The maximum Gasteiger partial charge on any atom is 0.262 e. The number of carbonyl (C=O) groups excluding carboxylic acids is 1. The van der Waals surface area contributed by atoms with Crippen molar-refractivity contribution in [2.75, 3.05) is 17.2 Å². The number of benzene rings is 3. The van der Waals surface area contributed by atoms with E-state index in [1.807, 2.05) is 18.2 Å². The summed E-state index contributed by atoms with van der Waals surface area (Å²) in [6.45, 7) is 0.314. The number of hydrogen-bond acceptors (Lipinski definition) is 3. The number of amides is 1. The molecule has 0 aliphatic carbocycles. The third kappa shape index (κ3) is 6.54. The monoisotopic (exact) mass is 512 g/mol. The van der Waals surface area contributed by atoms with Crippen molar-refractivity contribution >= 4 is 68.0 Å². The van der Waals surface area contributed by atoms with Crippen LogP contribution in [-0.4, -0.2) is 12.5 Å². The zero-order valence-electron chi connectivity index (χ0n) is 15.0. The zero-order chi connectivity index (χ0) is 20.8. The van der Waals surface area contributed by atoms with E-state index in [9.17, 15) is 4.79 Å². The van der Waals surface area contributed by atoms with Crippen LogP contribution in [-0.2, 0) is 11.3 Å². The Morgan fingerprint density at radius 2 is 1.59 bits per heavy atom. The molecular formula is C21H16BrCl3N2O2. The van der Waals surface area contributed by atoms with Gasteiger partial charge in [0.1, 0.15) is 5.75 Å². The fourth-order valence-corrected chi connectivity index (χ4v) is 3.25. The highest BCUT2D eigenvalue weighted by Gasteiger charge is 2.09. The molecule has 0 aliphatic rings. The van der Waals surface area contributed by atoms with Crippen molar-refractivity contribution in [1.82, 2.24) is 0 Å². The lowest BCUT2D eigenvalue weighted by Gasteiger charge is -2.14. The number of anilines is 2. The van der Waals surface area contributed by atoms with Crippen molar-refractivity contribution in [2.45, 2.75) is 6.54 Å². The summed E-state index contributed by atoms with van der Waals surface area (Å²) in [5, 5.41) is 7.82. The maximum absolute atomic E-state index is 12.2. The molecule has 0 bridgehead atoms. The molecule has 8 heteroatoms. The van der Waals surface area contributed by atoms with Gasteiger partial charge >= 0.3 is 0 Å². The average Bonchev–Trinajstić information content (AvgIpc) is 2.70. The van der Waals surface area contributed by atoms with Crippen molar-refractivity contribution in [3.8, 4) is 5.75 Å². The molecule has 0 unspecified atom stereocenters. The number of nitrogens with one attached hydrogen (secondary N) is 2. The molecule has 4 nitrogen and oxygen atoms in total. The van der Waals surface area contributed by atoms with Gasteiger partial charge in [0.25, 0.3) is 5.91 Å². The zero-order valence-corrected chi connectivity index (χ0v) is 18.9. The first-order chi connectivity index (χ1) is 13.9. The summed E-state index contributed by atoms with van der Waals surface area (Å²) in [7, 11) is 0. The Morgan fingerprint density at radius 3 is 2.31 bits per heavy atom. The van der Waals surface area contributed by atoms with Gasteiger partial charge in [-0.15, -0.1) is 0 Å². The molecule has 3 rings (SSSR count). The number of hydrogen-bond donors (Lipinski definition) is 2. The molecule has 0 aromatic heterocycles. The molecule has 29 heavy (non-hydrogen) atoms. The largest absolute Gasteiger partial charge is 0.483 e. The third-order valence-electron chi connectivity index (χ3n) is 3.91. The van der Waals surface area contributed by atoms with Crippen LogP contribution >= 0.6 is 50.7 Å². The van der Waals surface area contributed by atoms with Crippen LogP contribution in [0.25, 0.3) is 0 Å². The van der Waals surface area contributed by atoms with Crippen molar-refractivity contribution < 1.29 is 9.53 Å². The SMILES string of the molecule is O=C(COc1ccc(Cl)cc1CNc1ccc(Br)c(Cl)c1)Nc1ccc(Cl)cc1. The van der Waals surface area contributed by atoms with E-state index < -0.39 is 0 Å². The predicted octanol–water partition coefficient (Wildman–Crippen LogP) is 7.04. The van der Waals surface area contributed by atoms with Crippen LogP contribution in [0.1, 0.15) is 5.56 Å². The lowest BCUT2D eigenvalue weighted by Crippen LogP contribution is -2.20. The van der Waals surface area contributed by atoms with Gasteiger partial charge in [-0.1, -0.05) is 34.8 Å². The van der Waals surface area contributed by atoms with E-state index in [0.29, 0.717) is 33.0 Å². The summed E-state index contributed by atoms with van der Waals surface area (Å²) >= 11 is 21.5. The fourth-order valence-electron chi connectivity index (χ4n) is 2.50. The van der Waals surface area contributed by atoms with Crippen molar-refractivity contribution in [3.63, 3.8) is 0 Å². The van der Waals surface area contributed by atoms with E-state index in [0.717, 1.165) is 15.7 Å². The Balaban J connectivity index is 1.62. The van der Waals surface area contributed by atoms with E-state index in [1.54, 1.807) is 42.5 Å². The van der Waals surface area contributed by atoms with Crippen molar-refractivity contribution in [3.05, 3.63) is 85.8 Å². The normalized spacial score (nSPS) is 10.5. The summed E-state index contributed by atoms with van der Waals surface area (Å²) in [4.78, 5) is 12.2. The van der Waals surface area contributed by atoms with E-state index in [1.165, 1.54) is 0 Å². The van der Waals surface area contributed by atoms with E-state index >= 15 is 0 Å². The fraction of sp³-hybridized carbons (Fsp3) is 0.0952. The molecule has 0 aliphatic heterocycles. The maximum atomic E-state index is 12.2. The molecule has 0 saturated heterocycles. The van der Waals surface area contributed by atoms with Gasteiger partial charge < -0.3 is 15.4 Å². The van der Waals surface area contributed by atoms with Gasteiger partial charge in [0, 0.05) is 38.0 Å². The van der Waals surface area contributed by atoms with Gasteiger partial charge in [0.05, 0.1) is 5.02 Å².